The van der Waals surface area contributed by atoms with Crippen LogP contribution >= 0.6 is 69.6 Å². The molecule has 0 amide bonds. The van der Waals surface area contributed by atoms with Gasteiger partial charge in [0, 0.05) is 0 Å². The van der Waals surface area contributed by atoms with Crippen LogP contribution in [0.1, 0.15) is 28.6 Å². The number of benzene rings is 1. The molecule has 11 heteroatoms. The van der Waals surface area contributed by atoms with Crippen molar-refractivity contribution in [3.8, 4) is 5.75 Å². The molecule has 140 valence electrons. The molecule has 5 nitrogen and oxygen atoms in total. The molecule has 1 aromatic heterocycles. The summed E-state index contributed by atoms with van der Waals surface area (Å²) in [6, 6.07) is 5.20. The van der Waals surface area contributed by atoms with E-state index < -0.39 is 7.59 Å². The molecule has 1 N–H and O–H groups in total. The van der Waals surface area contributed by atoms with Gasteiger partial charge < -0.3 is 9.84 Å². The number of hydrogen-bond donors (Lipinski definition) is 1. The van der Waals surface area contributed by atoms with Gasteiger partial charge in [0.05, 0.1) is 13.7 Å². The van der Waals surface area contributed by atoms with Crippen LogP contribution in [0.25, 0.3) is 12.2 Å². The van der Waals surface area contributed by atoms with Gasteiger partial charge in [-0.1, -0.05) is 81.7 Å². The molecule has 0 saturated heterocycles. The molecule has 1 heterocycles. The maximum atomic E-state index is 9.50. The second-order valence-corrected chi connectivity index (χ2v) is 9.45. The zero-order valence-corrected chi connectivity index (χ0v) is 17.6. The molecule has 0 unspecified atom stereocenters. The Morgan fingerprint density at radius 1 is 0.962 bits per heavy atom. The maximum Gasteiger partial charge on any atom is 0.250 e. The third-order valence-corrected chi connectivity index (χ3v) is 4.11. The van der Waals surface area contributed by atoms with Crippen LogP contribution in [0.4, 0.5) is 0 Å². The topological polar surface area (TPSA) is 68.1 Å². The number of ether oxygens (including phenoxy) is 1. The van der Waals surface area contributed by atoms with Crippen LogP contribution in [0.5, 0.6) is 5.75 Å². The number of rotatable bonds is 4. The largest absolute Gasteiger partial charge is 0.497 e. The smallest absolute Gasteiger partial charge is 0.250 e. The van der Waals surface area contributed by atoms with Crippen LogP contribution in [0.15, 0.2) is 18.2 Å². The predicted molar refractivity (Wildman–Crippen MR) is 106 cm³/mol. The first kappa shape index (κ1) is 21.8. The van der Waals surface area contributed by atoms with Crippen molar-refractivity contribution in [3.63, 3.8) is 0 Å². The van der Waals surface area contributed by atoms with Crippen LogP contribution in [0.2, 0.25) is 0 Å². The van der Waals surface area contributed by atoms with Gasteiger partial charge in [0.25, 0.3) is 0 Å². The number of alkyl halides is 6. The third-order valence-electron chi connectivity index (χ3n) is 3.09. The van der Waals surface area contributed by atoms with Gasteiger partial charge in [-0.2, -0.15) is 0 Å². The number of methoxy groups -OCH3 is 1. The summed E-state index contributed by atoms with van der Waals surface area (Å²) in [5, 5.41) is 9.50. The van der Waals surface area contributed by atoms with Crippen LogP contribution in [0, 0.1) is 0 Å². The van der Waals surface area contributed by atoms with Crippen LogP contribution < -0.4 is 4.74 Å². The van der Waals surface area contributed by atoms with E-state index in [2.05, 4.69) is 15.0 Å². The van der Waals surface area contributed by atoms with E-state index in [1.807, 2.05) is 0 Å². The van der Waals surface area contributed by atoms with Crippen molar-refractivity contribution in [2.75, 3.05) is 7.11 Å². The van der Waals surface area contributed by atoms with E-state index in [4.69, 9.17) is 74.3 Å². The molecular formula is C15H11Cl6N3O2. The lowest BCUT2D eigenvalue weighted by Gasteiger charge is -2.14. The lowest BCUT2D eigenvalue weighted by molar-refractivity contribution is 0.280. The van der Waals surface area contributed by atoms with Gasteiger partial charge in [-0.15, -0.1) is 0 Å². The molecule has 0 fully saturated rings. The van der Waals surface area contributed by atoms with Crippen molar-refractivity contribution in [2.24, 2.45) is 0 Å². The van der Waals surface area contributed by atoms with Gasteiger partial charge in [0.2, 0.25) is 7.59 Å². The van der Waals surface area contributed by atoms with Gasteiger partial charge in [-0.05, 0) is 29.3 Å². The number of aromatic nitrogens is 3. The summed E-state index contributed by atoms with van der Waals surface area (Å²) in [7, 11) is 1.54. The normalized spacial score (nSPS) is 12.6. The molecule has 0 aliphatic rings. The highest BCUT2D eigenvalue weighted by Crippen LogP contribution is 2.40. The van der Waals surface area contributed by atoms with Crippen LogP contribution in [0.3, 0.4) is 0 Å². The number of hydrogen-bond acceptors (Lipinski definition) is 5. The van der Waals surface area contributed by atoms with Gasteiger partial charge in [0.15, 0.2) is 17.5 Å². The fourth-order valence-corrected chi connectivity index (χ4v) is 2.40. The number of aliphatic hydroxyl groups is 1. The van der Waals surface area contributed by atoms with E-state index in [0.717, 1.165) is 0 Å². The van der Waals surface area contributed by atoms with E-state index >= 15 is 0 Å². The molecule has 0 bridgehead atoms. The quantitative estimate of drug-likeness (QED) is 0.613. The minimum Gasteiger partial charge on any atom is -0.497 e. The Kier molecular flexibility index (Phi) is 7.24. The Labute approximate surface area is 179 Å². The summed E-state index contributed by atoms with van der Waals surface area (Å²) >= 11 is 35.0. The summed E-state index contributed by atoms with van der Waals surface area (Å²) in [5.74, 6) is 0.358. The highest BCUT2D eigenvalue weighted by molar-refractivity contribution is 6.67. The van der Waals surface area contributed by atoms with E-state index in [0.29, 0.717) is 16.9 Å². The lowest BCUT2D eigenvalue weighted by Crippen LogP contribution is -2.16. The summed E-state index contributed by atoms with van der Waals surface area (Å²) in [5.41, 5.74) is 1.34. The third kappa shape index (κ3) is 5.73. The van der Waals surface area contributed by atoms with Crippen LogP contribution in [-0.4, -0.2) is 27.2 Å². The van der Waals surface area contributed by atoms with Crippen molar-refractivity contribution in [2.45, 2.75) is 14.2 Å². The zero-order chi connectivity index (χ0) is 19.5. The molecule has 1 aromatic carbocycles. The molecule has 2 aromatic rings. The Hall–Kier alpha value is -0.530. The van der Waals surface area contributed by atoms with Crippen LogP contribution in [-0.2, 0) is 14.2 Å². The lowest BCUT2D eigenvalue weighted by atomic mass is 10.1. The minimum absolute atomic E-state index is 0.113. The summed E-state index contributed by atoms with van der Waals surface area (Å²) in [6.45, 7) is -0.188. The van der Waals surface area contributed by atoms with Gasteiger partial charge in [-0.3, -0.25) is 0 Å². The summed E-state index contributed by atoms with van der Waals surface area (Å²) in [4.78, 5) is 12.0. The average molecular weight is 478 g/mol. The molecule has 2 rings (SSSR count). The van der Waals surface area contributed by atoms with Gasteiger partial charge >= 0.3 is 0 Å². The first-order valence-corrected chi connectivity index (χ1v) is 9.17. The predicted octanol–water partition coefficient (Wildman–Crippen LogP) is 5.20. The monoisotopic (exact) mass is 475 g/mol. The second-order valence-electron chi connectivity index (χ2n) is 4.89. The molecule has 0 aliphatic heterocycles. The SMILES string of the molecule is COc1ccc(C=Cc2nc(C(Cl)(Cl)Cl)nc(C(Cl)(Cl)Cl)n2)c(CO)c1. The first-order valence-electron chi connectivity index (χ1n) is 6.91. The molecule has 0 aliphatic carbocycles. The Morgan fingerprint density at radius 2 is 1.54 bits per heavy atom. The van der Waals surface area contributed by atoms with Gasteiger partial charge in [0.1, 0.15) is 5.75 Å². The van der Waals surface area contributed by atoms with Crippen molar-refractivity contribution in [1.82, 2.24) is 15.0 Å². The Balaban J connectivity index is 2.47. The Morgan fingerprint density at radius 3 is 2.00 bits per heavy atom. The van der Waals surface area contributed by atoms with Gasteiger partial charge in [-0.25, -0.2) is 15.0 Å². The number of aliphatic hydroxyl groups excluding tert-OH is 1. The number of halogens is 6. The summed E-state index contributed by atoms with van der Waals surface area (Å²) in [6.07, 6.45) is 3.17. The van der Waals surface area contributed by atoms with Crippen molar-refractivity contribution in [3.05, 3.63) is 46.8 Å². The standard InChI is InChI=1S/C15H11Cl6N3O2/c1-26-10-4-2-8(9(6-10)7-25)3-5-11-22-12(14(16,17)18)24-13(23-11)15(19,20)21/h2-6,25H,7H2,1H3. The maximum absolute atomic E-state index is 9.50. The second kappa shape index (κ2) is 8.65. The fraction of sp³-hybridized carbons (Fsp3) is 0.267. The fourth-order valence-electron chi connectivity index (χ4n) is 1.89. The molecule has 0 saturated carbocycles. The summed E-state index contributed by atoms with van der Waals surface area (Å²) < 4.78 is 1.28. The van der Waals surface area contributed by atoms with E-state index in [1.54, 1.807) is 24.3 Å². The zero-order valence-electron chi connectivity index (χ0n) is 13.1. The highest BCUT2D eigenvalue weighted by atomic mass is 35.6. The first-order chi connectivity index (χ1) is 12.0. The van der Waals surface area contributed by atoms with Crippen molar-refractivity contribution < 1.29 is 9.84 Å². The Bertz CT molecular complexity index is 786. The molecule has 26 heavy (non-hydrogen) atoms. The minimum atomic E-state index is -1.92. The highest BCUT2D eigenvalue weighted by Gasteiger charge is 2.33. The van der Waals surface area contributed by atoms with Crippen molar-refractivity contribution in [1.29, 1.82) is 0 Å². The van der Waals surface area contributed by atoms with E-state index in [-0.39, 0.29) is 24.1 Å². The molecular weight excluding hydrogens is 467 g/mol. The number of nitrogens with zero attached hydrogens (tertiary/aromatic N) is 3. The van der Waals surface area contributed by atoms with E-state index in [9.17, 15) is 5.11 Å². The molecule has 0 radical (unpaired) electrons. The van der Waals surface area contributed by atoms with Crippen molar-refractivity contribution >= 4 is 81.8 Å². The average Bonchev–Trinajstić information content (AvgIpc) is 2.58. The van der Waals surface area contributed by atoms with E-state index in [1.165, 1.54) is 13.2 Å². The molecule has 0 atom stereocenters. The molecule has 0 spiro atoms.